The molecular formula is C30H34N2O6S. The van der Waals surface area contributed by atoms with Crippen LogP contribution in [-0.4, -0.2) is 43.8 Å². The van der Waals surface area contributed by atoms with Crippen LogP contribution >= 0.6 is 11.3 Å². The van der Waals surface area contributed by atoms with Crippen LogP contribution < -0.4 is 24.3 Å². The van der Waals surface area contributed by atoms with E-state index in [9.17, 15) is 9.59 Å². The number of hydrogen-bond acceptors (Lipinski definition) is 7. The molecule has 8 nitrogen and oxygen atoms in total. The van der Waals surface area contributed by atoms with Crippen LogP contribution in [-0.2, 0) is 22.6 Å². The second-order valence-corrected chi connectivity index (χ2v) is 10.8. The Bertz CT molecular complexity index is 1290. The molecule has 2 aromatic carbocycles. The van der Waals surface area contributed by atoms with Gasteiger partial charge in [-0.15, -0.1) is 11.3 Å². The molecule has 1 aromatic heterocycles. The Labute approximate surface area is 232 Å². The monoisotopic (exact) mass is 550 g/mol. The second-order valence-electron chi connectivity index (χ2n) is 9.79. The number of hydrogen-bond donors (Lipinski definition) is 1. The number of fused-ring (bicyclic) bond motifs is 1. The molecule has 2 heterocycles. The molecule has 0 unspecified atom stereocenters. The molecule has 1 atom stereocenters. The molecule has 1 fully saturated rings. The largest absolute Gasteiger partial charge is 0.493 e. The summed E-state index contributed by atoms with van der Waals surface area (Å²) in [6.07, 6.45) is 5.38. The highest BCUT2D eigenvalue weighted by molar-refractivity contribution is 7.10. The van der Waals surface area contributed by atoms with E-state index < -0.39 is 6.04 Å². The molecule has 2 amide bonds. The maximum atomic E-state index is 14.2. The molecule has 0 saturated heterocycles. The van der Waals surface area contributed by atoms with Crippen LogP contribution in [0.1, 0.15) is 54.1 Å². The van der Waals surface area contributed by atoms with Crippen molar-refractivity contribution in [2.24, 2.45) is 0 Å². The minimum atomic E-state index is -0.935. The quantitative estimate of drug-likeness (QED) is 0.371. The number of nitrogens with one attached hydrogen (secondary N) is 1. The van der Waals surface area contributed by atoms with Crippen LogP contribution in [0.25, 0.3) is 0 Å². The van der Waals surface area contributed by atoms with E-state index in [0.717, 1.165) is 36.1 Å². The Morgan fingerprint density at radius 1 is 1.03 bits per heavy atom. The van der Waals surface area contributed by atoms with Gasteiger partial charge in [-0.2, -0.15) is 0 Å². The van der Waals surface area contributed by atoms with Gasteiger partial charge in [0.15, 0.2) is 23.0 Å². The fourth-order valence-electron chi connectivity index (χ4n) is 5.33. The van der Waals surface area contributed by atoms with Crippen LogP contribution in [0.4, 0.5) is 0 Å². The Hall–Kier alpha value is -3.72. The van der Waals surface area contributed by atoms with E-state index >= 15 is 0 Å². The summed E-state index contributed by atoms with van der Waals surface area (Å²) in [5.74, 6) is 1.83. The lowest BCUT2D eigenvalue weighted by Gasteiger charge is -2.34. The van der Waals surface area contributed by atoms with Crippen molar-refractivity contribution in [1.82, 2.24) is 10.2 Å². The summed E-state index contributed by atoms with van der Waals surface area (Å²) in [6.45, 7) is 0.358. The molecule has 206 valence electrons. The fraction of sp³-hybridized carbons (Fsp3) is 0.400. The molecule has 1 aliphatic carbocycles. The molecule has 2 aliphatic rings. The first-order valence-electron chi connectivity index (χ1n) is 13.3. The predicted octanol–water partition coefficient (Wildman–Crippen LogP) is 5.26. The normalized spacial score (nSPS) is 15.4. The molecule has 1 N–H and O–H groups in total. The van der Waals surface area contributed by atoms with Gasteiger partial charge in [0.05, 0.1) is 20.6 Å². The molecule has 1 aliphatic heterocycles. The highest BCUT2D eigenvalue weighted by Crippen LogP contribution is 2.39. The summed E-state index contributed by atoms with van der Waals surface area (Å²) in [5.41, 5.74) is 1.40. The summed E-state index contributed by atoms with van der Waals surface area (Å²) < 4.78 is 22.4. The van der Waals surface area contributed by atoms with Gasteiger partial charge in [0, 0.05) is 23.0 Å². The summed E-state index contributed by atoms with van der Waals surface area (Å²) in [5, 5.41) is 5.20. The van der Waals surface area contributed by atoms with E-state index in [0.29, 0.717) is 28.6 Å². The van der Waals surface area contributed by atoms with E-state index in [-0.39, 0.29) is 37.6 Å². The second kappa shape index (κ2) is 12.4. The van der Waals surface area contributed by atoms with Gasteiger partial charge in [0.2, 0.25) is 18.6 Å². The third kappa shape index (κ3) is 6.14. The van der Waals surface area contributed by atoms with Gasteiger partial charge >= 0.3 is 0 Å². The zero-order valence-corrected chi connectivity index (χ0v) is 23.1. The highest BCUT2D eigenvalue weighted by Gasteiger charge is 2.36. The Morgan fingerprint density at radius 2 is 1.85 bits per heavy atom. The van der Waals surface area contributed by atoms with E-state index in [1.165, 1.54) is 17.8 Å². The summed E-state index contributed by atoms with van der Waals surface area (Å²) in [6, 6.07) is 14.0. The average Bonchev–Trinajstić information content (AvgIpc) is 3.65. The van der Waals surface area contributed by atoms with Crippen LogP contribution in [0.2, 0.25) is 0 Å². The third-order valence-electron chi connectivity index (χ3n) is 7.26. The highest BCUT2D eigenvalue weighted by atomic mass is 32.1. The van der Waals surface area contributed by atoms with Gasteiger partial charge in [-0.05, 0) is 48.1 Å². The zero-order chi connectivity index (χ0) is 27.2. The van der Waals surface area contributed by atoms with Gasteiger partial charge in [-0.25, -0.2) is 0 Å². The van der Waals surface area contributed by atoms with Crippen molar-refractivity contribution in [3.63, 3.8) is 0 Å². The first-order chi connectivity index (χ1) is 19.1. The minimum absolute atomic E-state index is 0.0742. The van der Waals surface area contributed by atoms with Crippen molar-refractivity contribution in [2.75, 3.05) is 21.0 Å². The van der Waals surface area contributed by atoms with Crippen molar-refractivity contribution < 1.29 is 28.5 Å². The zero-order valence-electron chi connectivity index (χ0n) is 22.3. The number of benzene rings is 2. The van der Waals surface area contributed by atoms with Gasteiger partial charge < -0.3 is 29.2 Å². The van der Waals surface area contributed by atoms with Crippen LogP contribution in [0.5, 0.6) is 23.0 Å². The number of carbonyl (C=O) groups is 2. The van der Waals surface area contributed by atoms with Crippen LogP contribution in [0.15, 0.2) is 53.9 Å². The van der Waals surface area contributed by atoms with Gasteiger partial charge in [-0.1, -0.05) is 43.5 Å². The number of rotatable bonds is 10. The first kappa shape index (κ1) is 26.9. The molecule has 5 rings (SSSR count). The summed E-state index contributed by atoms with van der Waals surface area (Å²) >= 11 is 1.52. The maximum absolute atomic E-state index is 14.2. The molecule has 3 aromatic rings. The topological polar surface area (TPSA) is 86.3 Å². The molecule has 39 heavy (non-hydrogen) atoms. The van der Waals surface area contributed by atoms with E-state index in [4.69, 9.17) is 18.9 Å². The van der Waals surface area contributed by atoms with E-state index in [1.54, 1.807) is 25.2 Å². The number of methoxy groups -OCH3 is 2. The molecule has 9 heteroatoms. The third-order valence-corrected chi connectivity index (χ3v) is 8.13. The standard InChI is InChI=1S/C30H34N2O6S/c1-35-25-12-6-11-23(29(25)36-2)28(30(34)31-21-8-4-3-5-9-21)32(27(33)17-22-10-7-15-39-22)18-20-13-14-24-26(16-20)38-19-37-24/h6-7,10-16,21,28H,3-5,8-9,17-19H2,1-2H3,(H,31,34)/t28-/m1/s1. The van der Waals surface area contributed by atoms with Gasteiger partial charge in [0.25, 0.3) is 0 Å². The summed E-state index contributed by atoms with van der Waals surface area (Å²) in [7, 11) is 3.11. The molecule has 0 spiro atoms. The number of para-hydroxylation sites is 1. The van der Waals surface area contributed by atoms with Crippen molar-refractivity contribution >= 4 is 23.2 Å². The first-order valence-corrected chi connectivity index (χ1v) is 14.2. The lowest BCUT2D eigenvalue weighted by Crippen LogP contribution is -2.47. The summed E-state index contributed by atoms with van der Waals surface area (Å²) in [4.78, 5) is 30.8. The SMILES string of the molecule is COc1cccc([C@H](C(=O)NC2CCCCC2)N(Cc2ccc3c(c2)OCO3)C(=O)Cc2cccs2)c1OC. The molecule has 1 saturated carbocycles. The van der Waals surface area contributed by atoms with Crippen molar-refractivity contribution in [2.45, 2.75) is 57.2 Å². The van der Waals surface area contributed by atoms with E-state index in [1.807, 2.05) is 47.8 Å². The van der Waals surface area contributed by atoms with Crippen molar-refractivity contribution in [1.29, 1.82) is 0 Å². The van der Waals surface area contributed by atoms with Gasteiger partial charge in [-0.3, -0.25) is 9.59 Å². The Balaban J connectivity index is 1.56. The lowest BCUT2D eigenvalue weighted by atomic mass is 9.94. The number of carbonyl (C=O) groups excluding carboxylic acids is 2. The van der Waals surface area contributed by atoms with Crippen molar-refractivity contribution in [3.05, 3.63) is 69.9 Å². The number of amides is 2. The Kier molecular flexibility index (Phi) is 8.56. The van der Waals surface area contributed by atoms with Crippen molar-refractivity contribution in [3.8, 4) is 23.0 Å². The van der Waals surface area contributed by atoms with Crippen LogP contribution in [0.3, 0.4) is 0 Å². The molecule has 0 bridgehead atoms. The molecule has 0 radical (unpaired) electrons. The van der Waals surface area contributed by atoms with E-state index in [2.05, 4.69) is 5.32 Å². The molecular weight excluding hydrogens is 516 g/mol. The lowest BCUT2D eigenvalue weighted by molar-refractivity contribution is -0.141. The number of ether oxygens (including phenoxy) is 4. The maximum Gasteiger partial charge on any atom is 0.247 e. The number of nitrogens with zero attached hydrogens (tertiary/aromatic N) is 1. The Morgan fingerprint density at radius 3 is 2.59 bits per heavy atom. The van der Waals surface area contributed by atoms with Gasteiger partial charge in [0.1, 0.15) is 6.04 Å². The average molecular weight is 551 g/mol. The predicted molar refractivity (Wildman–Crippen MR) is 148 cm³/mol. The minimum Gasteiger partial charge on any atom is -0.493 e. The number of thiophene rings is 1. The van der Waals surface area contributed by atoms with Crippen LogP contribution in [0, 0.1) is 0 Å². The smallest absolute Gasteiger partial charge is 0.247 e. The fourth-order valence-corrected chi connectivity index (χ4v) is 6.02.